The average molecular weight is 465 g/mol. The van der Waals surface area contributed by atoms with Gasteiger partial charge in [0, 0.05) is 54.2 Å². The van der Waals surface area contributed by atoms with Crippen molar-refractivity contribution in [3.63, 3.8) is 0 Å². The predicted octanol–water partition coefficient (Wildman–Crippen LogP) is 4.72. The first-order valence-electron chi connectivity index (χ1n) is 10.9. The van der Waals surface area contributed by atoms with Gasteiger partial charge in [-0.05, 0) is 55.7 Å². The third kappa shape index (κ3) is 3.70. The van der Waals surface area contributed by atoms with E-state index in [1.807, 2.05) is 24.8 Å². The number of alkyl halides is 2. The molecule has 0 atom stereocenters. The fraction of sp³-hybridized carbons (Fsp3) is 0.280. The molecule has 0 spiro atoms. The Labute approximate surface area is 193 Å². The number of rotatable bonds is 3. The van der Waals surface area contributed by atoms with E-state index in [1.54, 1.807) is 19.2 Å². The van der Waals surface area contributed by atoms with Gasteiger partial charge in [0.05, 0.1) is 0 Å². The number of hydrogen-bond acceptors (Lipinski definition) is 5. The molecule has 1 aromatic carbocycles. The fourth-order valence-electron chi connectivity index (χ4n) is 4.41. The SMILES string of the molecule is Cc1ccc(F)cc1-c1cnc2c(c1)CN(c1nn3c(=O)cc(C(F)F)nc3c(C)c1C)CC2. The lowest BCUT2D eigenvalue weighted by Gasteiger charge is -2.31. The van der Waals surface area contributed by atoms with Crippen molar-refractivity contribution < 1.29 is 13.2 Å². The largest absolute Gasteiger partial charge is 0.350 e. The van der Waals surface area contributed by atoms with Gasteiger partial charge in [-0.3, -0.25) is 9.78 Å². The van der Waals surface area contributed by atoms with E-state index in [1.165, 1.54) is 12.1 Å². The highest BCUT2D eigenvalue weighted by atomic mass is 19.3. The summed E-state index contributed by atoms with van der Waals surface area (Å²) in [5, 5.41) is 4.49. The van der Waals surface area contributed by atoms with Gasteiger partial charge >= 0.3 is 0 Å². The molecule has 0 bridgehead atoms. The Kier molecular flexibility index (Phi) is 5.34. The standard InChI is InChI=1S/C25H22F3N5O/c1-13-4-5-18(26)9-19(13)16-8-17-12-32(7-6-20(17)29-11-16)25-15(3)14(2)24-30-21(23(27)28)10-22(34)33(24)31-25/h4-5,8-11,23H,6-7,12H2,1-3H3. The van der Waals surface area contributed by atoms with Crippen molar-refractivity contribution in [3.8, 4) is 11.1 Å². The Hall–Kier alpha value is -3.75. The topological polar surface area (TPSA) is 63.4 Å². The molecule has 0 unspecified atom stereocenters. The van der Waals surface area contributed by atoms with Gasteiger partial charge in [-0.1, -0.05) is 6.07 Å². The zero-order chi connectivity index (χ0) is 24.1. The first kappa shape index (κ1) is 22.1. The zero-order valence-corrected chi connectivity index (χ0v) is 18.9. The predicted molar refractivity (Wildman–Crippen MR) is 123 cm³/mol. The van der Waals surface area contributed by atoms with Crippen LogP contribution in [0, 0.1) is 26.6 Å². The molecule has 0 saturated carbocycles. The first-order valence-corrected chi connectivity index (χ1v) is 10.9. The monoisotopic (exact) mass is 465 g/mol. The van der Waals surface area contributed by atoms with Crippen molar-refractivity contribution in [2.24, 2.45) is 0 Å². The van der Waals surface area contributed by atoms with E-state index in [4.69, 9.17) is 0 Å². The van der Waals surface area contributed by atoms with Crippen molar-refractivity contribution in [3.05, 3.63) is 86.3 Å². The Morgan fingerprint density at radius 3 is 2.62 bits per heavy atom. The van der Waals surface area contributed by atoms with E-state index in [-0.39, 0.29) is 11.5 Å². The van der Waals surface area contributed by atoms with Crippen LogP contribution < -0.4 is 10.5 Å². The van der Waals surface area contributed by atoms with Crippen molar-refractivity contribution in [2.45, 2.75) is 40.2 Å². The van der Waals surface area contributed by atoms with Crippen molar-refractivity contribution in [1.82, 2.24) is 19.6 Å². The quantitative estimate of drug-likeness (QED) is 0.438. The molecule has 4 aromatic rings. The van der Waals surface area contributed by atoms with Gasteiger partial charge in [-0.25, -0.2) is 18.2 Å². The number of pyridine rings is 1. The highest BCUT2D eigenvalue weighted by Crippen LogP contribution is 2.31. The minimum atomic E-state index is -2.83. The molecule has 5 rings (SSSR count). The summed E-state index contributed by atoms with van der Waals surface area (Å²) in [4.78, 5) is 23.2. The Balaban J connectivity index is 1.56. The van der Waals surface area contributed by atoms with Crippen molar-refractivity contribution in [1.29, 1.82) is 0 Å². The second kappa shape index (κ2) is 8.23. The van der Waals surface area contributed by atoms with Crippen LogP contribution in [0.4, 0.5) is 19.0 Å². The van der Waals surface area contributed by atoms with Gasteiger partial charge in [0.15, 0.2) is 11.5 Å². The maximum absolute atomic E-state index is 13.9. The van der Waals surface area contributed by atoms with Crippen molar-refractivity contribution >= 4 is 11.5 Å². The molecular formula is C25H22F3N5O. The Morgan fingerprint density at radius 1 is 1.06 bits per heavy atom. The fourth-order valence-corrected chi connectivity index (χ4v) is 4.41. The van der Waals surface area contributed by atoms with Crippen LogP contribution in [0.1, 0.15) is 40.1 Å². The molecule has 0 aliphatic carbocycles. The summed E-state index contributed by atoms with van der Waals surface area (Å²) in [5.41, 5.74) is 4.85. The van der Waals surface area contributed by atoms with E-state index in [9.17, 15) is 18.0 Å². The molecule has 3 aromatic heterocycles. The van der Waals surface area contributed by atoms with Gasteiger partial charge < -0.3 is 4.90 Å². The number of anilines is 1. The highest BCUT2D eigenvalue weighted by Gasteiger charge is 2.24. The molecule has 9 heteroatoms. The number of hydrogen-bond donors (Lipinski definition) is 0. The molecule has 0 radical (unpaired) electrons. The van der Waals surface area contributed by atoms with Gasteiger partial charge in [-0.2, -0.15) is 4.52 Å². The maximum atomic E-state index is 13.9. The molecule has 6 nitrogen and oxygen atoms in total. The van der Waals surface area contributed by atoms with E-state index in [2.05, 4.69) is 15.1 Å². The lowest BCUT2D eigenvalue weighted by atomic mass is 9.97. The van der Waals surface area contributed by atoms with Crippen LogP contribution in [0.2, 0.25) is 0 Å². The third-order valence-electron chi connectivity index (χ3n) is 6.42. The molecule has 0 N–H and O–H groups in total. The molecule has 34 heavy (non-hydrogen) atoms. The smallest absolute Gasteiger partial charge is 0.280 e. The van der Waals surface area contributed by atoms with Gasteiger partial charge in [0.25, 0.3) is 12.0 Å². The summed E-state index contributed by atoms with van der Waals surface area (Å²) < 4.78 is 41.3. The maximum Gasteiger partial charge on any atom is 0.280 e. The van der Waals surface area contributed by atoms with Gasteiger partial charge in [-0.15, -0.1) is 5.10 Å². The summed E-state index contributed by atoms with van der Waals surface area (Å²) in [7, 11) is 0. The number of aromatic nitrogens is 4. The Bertz CT molecular complexity index is 1500. The summed E-state index contributed by atoms with van der Waals surface area (Å²) in [6.45, 7) is 6.66. The van der Waals surface area contributed by atoms with Gasteiger partial charge in [0.2, 0.25) is 0 Å². The average Bonchev–Trinajstić information content (AvgIpc) is 2.82. The van der Waals surface area contributed by atoms with E-state index in [0.29, 0.717) is 30.9 Å². The Morgan fingerprint density at radius 2 is 1.85 bits per heavy atom. The van der Waals surface area contributed by atoms with Crippen LogP contribution in [-0.4, -0.2) is 26.1 Å². The minimum absolute atomic E-state index is 0.131. The normalized spacial score (nSPS) is 13.6. The van der Waals surface area contributed by atoms with E-state index < -0.39 is 17.7 Å². The number of aryl methyl sites for hydroxylation is 2. The van der Waals surface area contributed by atoms with Crippen LogP contribution in [0.3, 0.4) is 0 Å². The van der Waals surface area contributed by atoms with Crippen LogP contribution in [0.25, 0.3) is 16.8 Å². The molecule has 1 aliphatic heterocycles. The second-order valence-corrected chi connectivity index (χ2v) is 8.59. The molecular weight excluding hydrogens is 443 g/mol. The van der Waals surface area contributed by atoms with Crippen LogP contribution in [0.5, 0.6) is 0 Å². The first-order chi connectivity index (χ1) is 16.2. The summed E-state index contributed by atoms with van der Waals surface area (Å²) >= 11 is 0. The number of halogens is 3. The van der Waals surface area contributed by atoms with E-state index in [0.717, 1.165) is 44.1 Å². The molecule has 1 aliphatic rings. The number of benzene rings is 1. The number of fused-ring (bicyclic) bond motifs is 2. The molecule has 174 valence electrons. The minimum Gasteiger partial charge on any atom is -0.350 e. The van der Waals surface area contributed by atoms with Crippen molar-refractivity contribution in [2.75, 3.05) is 11.4 Å². The van der Waals surface area contributed by atoms with Gasteiger partial charge in [0.1, 0.15) is 11.5 Å². The molecule has 4 heterocycles. The summed E-state index contributed by atoms with van der Waals surface area (Å²) in [6.07, 6.45) is -0.391. The van der Waals surface area contributed by atoms with Crippen LogP contribution in [0.15, 0.2) is 41.3 Å². The molecule has 0 fully saturated rings. The zero-order valence-electron chi connectivity index (χ0n) is 18.9. The summed E-state index contributed by atoms with van der Waals surface area (Å²) in [6, 6.07) is 7.52. The lowest BCUT2D eigenvalue weighted by molar-refractivity contribution is 0.146. The molecule has 0 amide bonds. The summed E-state index contributed by atoms with van der Waals surface area (Å²) in [5.74, 6) is 0.289. The van der Waals surface area contributed by atoms with Crippen LogP contribution >= 0.6 is 0 Å². The number of nitrogens with zero attached hydrogens (tertiary/aromatic N) is 5. The second-order valence-electron chi connectivity index (χ2n) is 8.59. The van der Waals surface area contributed by atoms with E-state index >= 15 is 0 Å². The third-order valence-corrected chi connectivity index (χ3v) is 6.42. The highest BCUT2D eigenvalue weighted by molar-refractivity contribution is 5.68. The van der Waals surface area contributed by atoms with Crippen LogP contribution in [-0.2, 0) is 13.0 Å². The lowest BCUT2D eigenvalue weighted by Crippen LogP contribution is -2.34. The molecule has 0 saturated heterocycles.